The van der Waals surface area contributed by atoms with Crippen LogP contribution >= 0.6 is 0 Å². The summed E-state index contributed by atoms with van der Waals surface area (Å²) in [5, 5.41) is 10.4. The summed E-state index contributed by atoms with van der Waals surface area (Å²) >= 11 is 0. The number of hydrogen-bond acceptors (Lipinski definition) is 6. The van der Waals surface area contributed by atoms with Crippen molar-refractivity contribution in [3.8, 4) is 17.2 Å². The zero-order valence-electron chi connectivity index (χ0n) is 13.4. The van der Waals surface area contributed by atoms with Gasteiger partial charge in [-0.1, -0.05) is 6.07 Å². The molecule has 4 N–H and O–H groups in total. The molecule has 1 aliphatic rings. The number of guanidine groups is 1. The van der Waals surface area contributed by atoms with Crippen molar-refractivity contribution in [3.63, 3.8) is 0 Å². The average molecular weight is 330 g/mol. The molecule has 0 saturated carbocycles. The zero-order chi connectivity index (χ0) is 17.3. The summed E-state index contributed by atoms with van der Waals surface area (Å²) in [5.74, 6) is 1.95. The van der Waals surface area contributed by atoms with Crippen LogP contribution < -0.4 is 26.2 Å². The Balaban J connectivity index is 1.80. The maximum Gasteiger partial charge on any atom is 0.349 e. The number of para-hydroxylation sites is 1. The fourth-order valence-corrected chi connectivity index (χ4v) is 2.18. The van der Waals surface area contributed by atoms with Gasteiger partial charge < -0.3 is 25.4 Å². The molecule has 0 bridgehead atoms. The molecule has 0 amide bonds. The van der Waals surface area contributed by atoms with E-state index in [1.807, 2.05) is 6.07 Å². The van der Waals surface area contributed by atoms with Gasteiger partial charge in [0.15, 0.2) is 23.3 Å². The first kappa shape index (κ1) is 15.7. The van der Waals surface area contributed by atoms with Gasteiger partial charge in [-0.25, -0.2) is 4.79 Å². The molecule has 0 radical (unpaired) electrons. The van der Waals surface area contributed by atoms with Crippen molar-refractivity contribution in [2.24, 2.45) is 12.8 Å². The fraction of sp³-hybridized carbons (Fsp3) is 0.267. The zero-order valence-corrected chi connectivity index (χ0v) is 13.4. The lowest BCUT2D eigenvalue weighted by atomic mass is 10.2. The Labute approximate surface area is 138 Å². The van der Waals surface area contributed by atoms with Gasteiger partial charge >= 0.3 is 5.69 Å². The number of aromatic nitrogens is 2. The lowest BCUT2D eigenvalue weighted by Crippen LogP contribution is -2.35. The number of benzene rings is 1. The summed E-state index contributed by atoms with van der Waals surface area (Å²) in [6, 6.07) is 5.39. The van der Waals surface area contributed by atoms with Crippen LogP contribution in [0, 0.1) is 5.41 Å². The molecular formula is C15H18N6O3. The van der Waals surface area contributed by atoms with E-state index in [2.05, 4.69) is 10.3 Å². The van der Waals surface area contributed by atoms with Gasteiger partial charge in [-0.15, -0.1) is 0 Å². The van der Waals surface area contributed by atoms with E-state index in [-0.39, 0.29) is 11.6 Å². The highest BCUT2D eigenvalue weighted by molar-refractivity contribution is 5.77. The van der Waals surface area contributed by atoms with Crippen LogP contribution in [0.25, 0.3) is 0 Å². The molecular weight excluding hydrogens is 312 g/mol. The van der Waals surface area contributed by atoms with E-state index in [0.717, 1.165) is 0 Å². The number of hydrogen-bond donors (Lipinski definition) is 3. The van der Waals surface area contributed by atoms with Gasteiger partial charge in [-0.2, -0.15) is 4.98 Å². The smallest absolute Gasteiger partial charge is 0.349 e. The van der Waals surface area contributed by atoms with Crippen LogP contribution in [0.3, 0.4) is 0 Å². The van der Waals surface area contributed by atoms with E-state index in [9.17, 15) is 4.79 Å². The molecule has 2 heterocycles. The lowest BCUT2D eigenvalue weighted by Gasteiger charge is -2.23. The molecule has 1 aromatic carbocycles. The van der Waals surface area contributed by atoms with Crippen molar-refractivity contribution in [2.75, 3.05) is 25.5 Å². The quantitative estimate of drug-likeness (QED) is 0.479. The molecule has 9 nitrogen and oxygen atoms in total. The standard InChI is InChI=1S/C15H18N6O3/c1-20(14(16)17)6-7-23-9-4-3-5-10-12(9)18-13-11(24-10)8-21(2)15(22)19-13/h3-5,8H,6-7H2,1-2H3,(H3,16,17)(H,18,19,22). The fourth-order valence-electron chi connectivity index (χ4n) is 2.18. The molecule has 126 valence electrons. The molecule has 2 aromatic rings. The molecule has 0 atom stereocenters. The monoisotopic (exact) mass is 330 g/mol. The Hall–Kier alpha value is -3.23. The highest BCUT2D eigenvalue weighted by atomic mass is 16.5. The molecule has 0 spiro atoms. The van der Waals surface area contributed by atoms with Crippen LogP contribution in [0.15, 0.2) is 29.2 Å². The number of rotatable bonds is 4. The van der Waals surface area contributed by atoms with E-state index in [1.165, 1.54) is 4.57 Å². The summed E-state index contributed by atoms with van der Waals surface area (Å²) in [5.41, 5.74) is 5.61. The number of nitrogens with one attached hydrogen (secondary N) is 2. The molecule has 0 saturated heterocycles. The van der Waals surface area contributed by atoms with Crippen LogP contribution in [0.5, 0.6) is 17.2 Å². The van der Waals surface area contributed by atoms with Crippen molar-refractivity contribution in [3.05, 3.63) is 34.9 Å². The van der Waals surface area contributed by atoms with Crippen molar-refractivity contribution in [1.29, 1.82) is 5.41 Å². The van der Waals surface area contributed by atoms with Crippen LogP contribution in [0.2, 0.25) is 0 Å². The minimum Gasteiger partial charge on any atom is -0.489 e. The third kappa shape index (κ3) is 2.96. The molecule has 3 rings (SSSR count). The molecule has 24 heavy (non-hydrogen) atoms. The van der Waals surface area contributed by atoms with Crippen molar-refractivity contribution in [2.45, 2.75) is 0 Å². The van der Waals surface area contributed by atoms with Crippen molar-refractivity contribution < 1.29 is 9.47 Å². The molecule has 1 aromatic heterocycles. The summed E-state index contributed by atoms with van der Waals surface area (Å²) < 4.78 is 12.9. The lowest BCUT2D eigenvalue weighted by molar-refractivity contribution is 0.283. The van der Waals surface area contributed by atoms with Crippen molar-refractivity contribution >= 4 is 17.5 Å². The Bertz CT molecular complexity index is 848. The number of aryl methyl sites for hydroxylation is 1. The van der Waals surface area contributed by atoms with Gasteiger partial charge in [0.2, 0.25) is 0 Å². The summed E-state index contributed by atoms with van der Waals surface area (Å²) in [6.45, 7) is 0.806. The van der Waals surface area contributed by atoms with E-state index in [4.69, 9.17) is 20.6 Å². The van der Waals surface area contributed by atoms with E-state index >= 15 is 0 Å². The van der Waals surface area contributed by atoms with Crippen LogP contribution in [-0.2, 0) is 7.05 Å². The highest BCUT2D eigenvalue weighted by Gasteiger charge is 2.22. The Kier molecular flexibility index (Phi) is 3.98. The minimum absolute atomic E-state index is 0.0240. The second-order valence-electron chi connectivity index (χ2n) is 5.36. The van der Waals surface area contributed by atoms with Crippen LogP contribution in [0.1, 0.15) is 0 Å². The SMILES string of the molecule is CN(CCOc1cccc2c1Nc1nc(=O)n(C)cc1O2)C(=N)N. The van der Waals surface area contributed by atoms with Gasteiger partial charge in [0.25, 0.3) is 0 Å². The van der Waals surface area contributed by atoms with Gasteiger partial charge in [0.1, 0.15) is 18.0 Å². The highest BCUT2D eigenvalue weighted by Crippen LogP contribution is 2.44. The largest absolute Gasteiger partial charge is 0.489 e. The third-order valence-electron chi connectivity index (χ3n) is 3.60. The molecule has 9 heteroatoms. The predicted molar refractivity (Wildman–Crippen MR) is 89.3 cm³/mol. The van der Waals surface area contributed by atoms with E-state index in [1.54, 1.807) is 37.3 Å². The minimum atomic E-state index is -0.380. The van der Waals surface area contributed by atoms with Gasteiger partial charge in [-0.3, -0.25) is 9.98 Å². The first-order chi connectivity index (χ1) is 11.5. The number of likely N-dealkylation sites (N-methyl/N-ethyl adjacent to an activating group) is 1. The van der Waals surface area contributed by atoms with E-state index in [0.29, 0.717) is 41.9 Å². The Morgan fingerprint density at radius 2 is 2.29 bits per heavy atom. The van der Waals surface area contributed by atoms with Gasteiger partial charge in [-0.05, 0) is 12.1 Å². The Morgan fingerprint density at radius 1 is 1.50 bits per heavy atom. The van der Waals surface area contributed by atoms with E-state index < -0.39 is 0 Å². The summed E-state index contributed by atoms with van der Waals surface area (Å²) in [7, 11) is 3.32. The topological polar surface area (TPSA) is 118 Å². The molecule has 0 aliphatic carbocycles. The number of anilines is 2. The molecule has 0 fully saturated rings. The average Bonchev–Trinajstić information content (AvgIpc) is 2.54. The second kappa shape index (κ2) is 6.11. The Morgan fingerprint density at radius 3 is 3.04 bits per heavy atom. The first-order valence-electron chi connectivity index (χ1n) is 7.29. The second-order valence-corrected chi connectivity index (χ2v) is 5.36. The predicted octanol–water partition coefficient (Wildman–Crippen LogP) is 0.834. The number of fused-ring (bicyclic) bond motifs is 2. The summed E-state index contributed by atoms with van der Waals surface area (Å²) in [6.07, 6.45) is 1.58. The number of ether oxygens (including phenoxy) is 2. The van der Waals surface area contributed by atoms with Gasteiger partial charge in [0.05, 0.1) is 12.7 Å². The summed E-state index contributed by atoms with van der Waals surface area (Å²) in [4.78, 5) is 17.2. The van der Waals surface area contributed by atoms with Crippen LogP contribution in [-0.4, -0.2) is 40.6 Å². The maximum atomic E-state index is 11.7. The number of nitrogens with zero attached hydrogens (tertiary/aromatic N) is 3. The van der Waals surface area contributed by atoms with Crippen LogP contribution in [0.4, 0.5) is 11.5 Å². The third-order valence-corrected chi connectivity index (χ3v) is 3.60. The van der Waals surface area contributed by atoms with Gasteiger partial charge in [0, 0.05) is 14.1 Å². The van der Waals surface area contributed by atoms with Crippen molar-refractivity contribution in [1.82, 2.24) is 14.5 Å². The maximum absolute atomic E-state index is 11.7. The normalized spacial score (nSPS) is 11.6. The molecule has 0 unspecified atom stereocenters. The molecule has 1 aliphatic heterocycles. The first-order valence-corrected chi connectivity index (χ1v) is 7.29. The number of nitrogens with two attached hydrogens (primary N) is 1.